The van der Waals surface area contributed by atoms with Gasteiger partial charge in [-0.15, -0.1) is 16.2 Å². The molecular weight excluding hydrogens is 356 g/mol. The van der Waals surface area contributed by atoms with Gasteiger partial charge in [-0.1, -0.05) is 13.0 Å². The van der Waals surface area contributed by atoms with E-state index in [0.29, 0.717) is 16.0 Å². The first-order chi connectivity index (χ1) is 11.6. The van der Waals surface area contributed by atoms with Gasteiger partial charge in [0.25, 0.3) is 15.9 Å². The number of amides is 1. The second-order valence-electron chi connectivity index (χ2n) is 6.22. The number of nitrogens with one attached hydrogen (secondary N) is 2. The van der Waals surface area contributed by atoms with Gasteiger partial charge in [0.2, 0.25) is 0 Å². The number of rotatable bonds is 5. The summed E-state index contributed by atoms with van der Waals surface area (Å²) in [7, 11) is -3.86. The number of hydrogen-bond donors (Lipinski definition) is 2. The fourth-order valence-corrected chi connectivity index (χ4v) is 5.26. The molecule has 0 saturated carbocycles. The van der Waals surface area contributed by atoms with Gasteiger partial charge < -0.3 is 0 Å². The van der Waals surface area contributed by atoms with Crippen LogP contribution >= 0.6 is 11.3 Å². The second kappa shape index (κ2) is 7.27. The predicted octanol–water partition coefficient (Wildman–Crippen LogP) is 3.48. The van der Waals surface area contributed by atoms with Crippen molar-refractivity contribution in [2.75, 3.05) is 0 Å². The Hall–Kier alpha value is -1.70. The Morgan fingerprint density at radius 2 is 1.56 bits per heavy atom. The average Bonchev–Trinajstić information content (AvgIpc) is 2.92. The van der Waals surface area contributed by atoms with Crippen LogP contribution in [-0.4, -0.2) is 14.3 Å². The van der Waals surface area contributed by atoms with Gasteiger partial charge in [-0.3, -0.25) is 10.2 Å². The molecule has 7 heteroatoms. The first kappa shape index (κ1) is 19.6. The molecule has 1 aromatic carbocycles. The summed E-state index contributed by atoms with van der Waals surface area (Å²) >= 11 is 1.38. The summed E-state index contributed by atoms with van der Waals surface area (Å²) < 4.78 is 25.4. The number of thiophene rings is 1. The zero-order valence-corrected chi connectivity index (χ0v) is 17.0. The molecule has 2 rings (SSSR count). The average molecular weight is 381 g/mol. The van der Waals surface area contributed by atoms with E-state index in [0.717, 1.165) is 28.0 Å². The molecule has 0 radical (unpaired) electrons. The molecule has 1 aromatic heterocycles. The van der Waals surface area contributed by atoms with Crippen molar-refractivity contribution in [2.24, 2.45) is 0 Å². The SMILES string of the molecule is CCc1sc(C(=O)NNS(=O)(=O)c2c(C)c(C)cc(C)c2C)cc1C. The van der Waals surface area contributed by atoms with Crippen LogP contribution in [0.15, 0.2) is 17.0 Å². The molecule has 0 bridgehead atoms. The normalized spacial score (nSPS) is 11.6. The lowest BCUT2D eigenvalue weighted by Crippen LogP contribution is -2.41. The summed E-state index contributed by atoms with van der Waals surface area (Å²) in [5.74, 6) is -0.448. The fraction of sp³-hybridized carbons (Fsp3) is 0.389. The van der Waals surface area contributed by atoms with Gasteiger partial charge in [-0.25, -0.2) is 8.42 Å². The summed E-state index contributed by atoms with van der Waals surface area (Å²) in [5.41, 5.74) is 6.54. The standard InChI is InChI=1S/C18H24N2O3S2/c1-7-15-12(4)9-16(24-15)18(21)19-20-25(22,23)17-13(5)10(2)8-11(3)14(17)6/h8-9,20H,7H2,1-6H3,(H,19,21). The van der Waals surface area contributed by atoms with Crippen molar-refractivity contribution in [3.63, 3.8) is 0 Å². The molecule has 0 aliphatic carbocycles. The molecular formula is C18H24N2O3S2. The summed E-state index contributed by atoms with van der Waals surface area (Å²) in [5, 5.41) is 0. The molecule has 136 valence electrons. The minimum absolute atomic E-state index is 0.224. The highest BCUT2D eigenvalue weighted by Crippen LogP contribution is 2.26. The van der Waals surface area contributed by atoms with Gasteiger partial charge in [0.15, 0.2) is 0 Å². The minimum atomic E-state index is -3.86. The van der Waals surface area contributed by atoms with Gasteiger partial charge in [0.1, 0.15) is 0 Å². The highest BCUT2D eigenvalue weighted by atomic mass is 32.2. The molecule has 0 spiro atoms. The van der Waals surface area contributed by atoms with E-state index >= 15 is 0 Å². The highest BCUT2D eigenvalue weighted by molar-refractivity contribution is 7.89. The summed E-state index contributed by atoms with van der Waals surface area (Å²) in [6.07, 6.45) is 0.844. The van der Waals surface area contributed by atoms with E-state index < -0.39 is 15.9 Å². The number of aryl methyl sites for hydroxylation is 4. The van der Waals surface area contributed by atoms with Crippen LogP contribution < -0.4 is 10.3 Å². The van der Waals surface area contributed by atoms with Gasteiger partial charge in [0, 0.05) is 4.88 Å². The van der Waals surface area contributed by atoms with Crippen LogP contribution in [0, 0.1) is 34.6 Å². The number of hydrogen-bond acceptors (Lipinski definition) is 4. The summed E-state index contributed by atoms with van der Waals surface area (Å²) in [4.78, 5) is 16.4. The van der Waals surface area contributed by atoms with Crippen molar-refractivity contribution in [2.45, 2.75) is 52.9 Å². The monoisotopic (exact) mass is 380 g/mol. The second-order valence-corrected chi connectivity index (χ2v) is 8.98. The van der Waals surface area contributed by atoms with E-state index in [1.54, 1.807) is 19.9 Å². The maximum atomic E-state index is 12.7. The Morgan fingerprint density at radius 3 is 2.04 bits per heavy atom. The van der Waals surface area contributed by atoms with Crippen molar-refractivity contribution < 1.29 is 13.2 Å². The first-order valence-corrected chi connectivity index (χ1v) is 10.4. The van der Waals surface area contributed by atoms with Crippen LogP contribution in [0.4, 0.5) is 0 Å². The third kappa shape index (κ3) is 3.94. The quantitative estimate of drug-likeness (QED) is 0.780. The molecule has 25 heavy (non-hydrogen) atoms. The van der Waals surface area contributed by atoms with Gasteiger partial charge >= 0.3 is 0 Å². The molecule has 0 aliphatic heterocycles. The maximum Gasteiger partial charge on any atom is 0.276 e. The molecule has 0 aliphatic rings. The fourth-order valence-electron chi connectivity index (χ4n) is 2.79. The van der Waals surface area contributed by atoms with Crippen LogP contribution in [-0.2, 0) is 16.4 Å². The Morgan fingerprint density at radius 1 is 1.00 bits per heavy atom. The molecule has 1 heterocycles. The Bertz CT molecular complexity index is 902. The lowest BCUT2D eigenvalue weighted by molar-refractivity contribution is 0.0949. The van der Waals surface area contributed by atoms with E-state index in [9.17, 15) is 13.2 Å². The van der Waals surface area contributed by atoms with E-state index in [1.807, 2.05) is 33.8 Å². The van der Waals surface area contributed by atoms with E-state index in [2.05, 4.69) is 10.3 Å². The third-order valence-electron chi connectivity index (χ3n) is 4.43. The minimum Gasteiger partial charge on any atom is -0.273 e. The largest absolute Gasteiger partial charge is 0.276 e. The highest BCUT2D eigenvalue weighted by Gasteiger charge is 2.23. The van der Waals surface area contributed by atoms with Crippen molar-refractivity contribution in [3.05, 3.63) is 49.7 Å². The molecule has 1 amide bonds. The van der Waals surface area contributed by atoms with E-state index in [4.69, 9.17) is 0 Å². The van der Waals surface area contributed by atoms with Crippen molar-refractivity contribution in [1.82, 2.24) is 10.3 Å². The smallest absolute Gasteiger partial charge is 0.273 e. The number of carbonyl (C=O) groups excluding carboxylic acids is 1. The molecule has 0 saturated heterocycles. The number of carbonyl (C=O) groups is 1. The molecule has 0 fully saturated rings. The number of hydrazine groups is 1. The van der Waals surface area contributed by atoms with Crippen LogP contribution in [0.25, 0.3) is 0 Å². The van der Waals surface area contributed by atoms with E-state index in [1.165, 1.54) is 11.3 Å². The lowest BCUT2D eigenvalue weighted by Gasteiger charge is -2.16. The molecule has 0 atom stereocenters. The summed E-state index contributed by atoms with van der Waals surface area (Å²) in [6, 6.07) is 3.74. The Balaban J connectivity index is 2.27. The number of sulfonamides is 1. The molecule has 0 unspecified atom stereocenters. The lowest BCUT2D eigenvalue weighted by atomic mass is 10.0. The maximum absolute atomic E-state index is 12.7. The summed E-state index contributed by atoms with van der Waals surface area (Å²) in [6.45, 7) is 11.3. The van der Waals surface area contributed by atoms with Crippen LogP contribution in [0.3, 0.4) is 0 Å². The molecule has 5 nitrogen and oxygen atoms in total. The van der Waals surface area contributed by atoms with Crippen LogP contribution in [0.2, 0.25) is 0 Å². The van der Waals surface area contributed by atoms with Gasteiger partial charge in [-0.2, -0.15) is 0 Å². The Labute approximate surface area is 153 Å². The zero-order valence-electron chi connectivity index (χ0n) is 15.4. The topological polar surface area (TPSA) is 75.3 Å². The predicted molar refractivity (Wildman–Crippen MR) is 102 cm³/mol. The van der Waals surface area contributed by atoms with Crippen molar-refractivity contribution in [3.8, 4) is 0 Å². The van der Waals surface area contributed by atoms with Crippen LogP contribution in [0.5, 0.6) is 0 Å². The zero-order chi connectivity index (χ0) is 18.9. The number of benzene rings is 1. The molecule has 2 N–H and O–H groups in total. The van der Waals surface area contributed by atoms with Crippen molar-refractivity contribution in [1.29, 1.82) is 0 Å². The Kier molecular flexibility index (Phi) is 5.71. The molecule has 2 aromatic rings. The van der Waals surface area contributed by atoms with Crippen molar-refractivity contribution >= 4 is 27.3 Å². The first-order valence-electron chi connectivity index (χ1n) is 8.07. The van der Waals surface area contributed by atoms with Gasteiger partial charge in [-0.05, 0) is 74.9 Å². The van der Waals surface area contributed by atoms with Gasteiger partial charge in [0.05, 0.1) is 9.77 Å². The third-order valence-corrected chi connectivity index (χ3v) is 7.33. The van der Waals surface area contributed by atoms with Crippen LogP contribution in [0.1, 0.15) is 49.3 Å². The van der Waals surface area contributed by atoms with E-state index in [-0.39, 0.29) is 4.90 Å².